The average Bonchev–Trinajstić information content (AvgIpc) is 1.97. The molecule has 0 spiro atoms. The normalized spacial score (nSPS) is 12.5. The molecule has 11 heavy (non-hydrogen) atoms. The van der Waals surface area contributed by atoms with E-state index in [0.29, 0.717) is 19.3 Å². The largest absolute Gasteiger partial charge is 0.480 e. The molecule has 0 aromatic carbocycles. The number of aliphatic carboxylic acids is 1. The fraction of sp³-hybridized carbons (Fsp3) is 0.714. The molecule has 2 N–H and O–H groups in total. The fourth-order valence-corrected chi connectivity index (χ4v) is 0.797. The summed E-state index contributed by atoms with van der Waals surface area (Å²) in [4.78, 5) is 20.3. The van der Waals surface area contributed by atoms with Gasteiger partial charge in [-0.25, -0.2) is 0 Å². The molecular weight excluding hydrogens is 146 g/mol. The van der Waals surface area contributed by atoms with Crippen LogP contribution in [0.4, 0.5) is 0 Å². The van der Waals surface area contributed by atoms with E-state index < -0.39 is 12.0 Å². The van der Waals surface area contributed by atoms with Crippen molar-refractivity contribution in [3.8, 4) is 0 Å². The molecule has 0 aromatic rings. The molecule has 0 rings (SSSR count). The van der Waals surface area contributed by atoms with E-state index in [9.17, 15) is 9.59 Å². The number of hydrogen-bond acceptors (Lipinski definition) is 3. The molecule has 0 aliphatic rings. The highest BCUT2D eigenvalue weighted by molar-refractivity contribution is 5.73. The van der Waals surface area contributed by atoms with Gasteiger partial charge in [0.25, 0.3) is 0 Å². The molecule has 1 atom stereocenters. The lowest BCUT2D eigenvalue weighted by Gasteiger charge is -2.08. The van der Waals surface area contributed by atoms with Crippen LogP contribution < -0.4 is 5.32 Å². The maximum Gasteiger partial charge on any atom is 0.320 e. The third-order valence-electron chi connectivity index (χ3n) is 1.46. The molecule has 0 saturated heterocycles. The van der Waals surface area contributed by atoms with Crippen molar-refractivity contribution >= 4 is 12.3 Å². The average molecular weight is 159 g/mol. The monoisotopic (exact) mass is 159 g/mol. The van der Waals surface area contributed by atoms with Gasteiger partial charge in [0.05, 0.1) is 0 Å². The van der Waals surface area contributed by atoms with E-state index in [1.165, 1.54) is 0 Å². The molecule has 0 radical (unpaired) electrons. The van der Waals surface area contributed by atoms with Crippen molar-refractivity contribution in [3.63, 3.8) is 0 Å². The summed E-state index contributed by atoms with van der Waals surface area (Å²) in [5.74, 6) is -0.863. The van der Waals surface area contributed by atoms with Gasteiger partial charge >= 0.3 is 5.97 Å². The zero-order valence-electron chi connectivity index (χ0n) is 6.54. The summed E-state index contributed by atoms with van der Waals surface area (Å²) in [5, 5.41) is 11.2. The second kappa shape index (κ2) is 5.85. The quantitative estimate of drug-likeness (QED) is 0.424. The van der Waals surface area contributed by atoms with Crippen molar-refractivity contribution in [3.05, 3.63) is 0 Å². The molecular formula is C7H13NO3. The maximum absolute atomic E-state index is 10.4. The lowest BCUT2D eigenvalue weighted by Crippen LogP contribution is -2.33. The van der Waals surface area contributed by atoms with Gasteiger partial charge in [-0.2, -0.15) is 0 Å². The predicted molar refractivity (Wildman–Crippen MR) is 40.4 cm³/mol. The van der Waals surface area contributed by atoms with Crippen LogP contribution in [0.25, 0.3) is 0 Å². The number of carbonyl (C=O) groups is 2. The number of aldehydes is 1. The van der Waals surface area contributed by atoms with Crippen LogP contribution in [0.3, 0.4) is 0 Å². The number of hydrogen-bond donors (Lipinski definition) is 2. The molecule has 0 fully saturated rings. The van der Waals surface area contributed by atoms with Gasteiger partial charge in [0.2, 0.25) is 0 Å². The van der Waals surface area contributed by atoms with Crippen molar-refractivity contribution in [2.45, 2.75) is 25.3 Å². The van der Waals surface area contributed by atoms with Gasteiger partial charge in [-0.15, -0.1) is 0 Å². The Morgan fingerprint density at radius 1 is 1.73 bits per heavy atom. The third kappa shape index (κ3) is 4.50. The minimum absolute atomic E-state index is 0.436. The topological polar surface area (TPSA) is 66.4 Å². The van der Waals surface area contributed by atoms with Gasteiger partial charge in [-0.1, -0.05) is 0 Å². The summed E-state index contributed by atoms with van der Waals surface area (Å²) in [6, 6.07) is -0.519. The van der Waals surface area contributed by atoms with E-state index >= 15 is 0 Å². The summed E-state index contributed by atoms with van der Waals surface area (Å²) < 4.78 is 0. The molecule has 0 aliphatic carbocycles. The van der Waals surface area contributed by atoms with Crippen molar-refractivity contribution in [1.82, 2.24) is 5.32 Å². The van der Waals surface area contributed by atoms with Gasteiger partial charge < -0.3 is 15.2 Å². The Balaban J connectivity index is 3.52. The number of carboxylic acid groups (broad SMARTS) is 1. The maximum atomic E-state index is 10.4. The van der Waals surface area contributed by atoms with Gasteiger partial charge in [0.15, 0.2) is 0 Å². The van der Waals surface area contributed by atoms with Crippen LogP contribution >= 0.6 is 0 Å². The first-order valence-corrected chi connectivity index (χ1v) is 3.56. The Labute approximate surface area is 65.6 Å². The molecule has 0 aromatic heterocycles. The highest BCUT2D eigenvalue weighted by Gasteiger charge is 2.12. The van der Waals surface area contributed by atoms with Crippen molar-refractivity contribution in [1.29, 1.82) is 0 Å². The van der Waals surface area contributed by atoms with Gasteiger partial charge in [-0.3, -0.25) is 4.79 Å². The Kier molecular flexibility index (Phi) is 5.37. The number of carbonyl (C=O) groups excluding carboxylic acids is 1. The zero-order valence-corrected chi connectivity index (χ0v) is 6.54. The van der Waals surface area contributed by atoms with E-state index in [1.807, 2.05) is 0 Å². The number of nitrogens with one attached hydrogen (secondary N) is 1. The molecule has 0 aliphatic heterocycles. The SMILES string of the molecule is CNC(CCCC=O)C(=O)O. The van der Waals surface area contributed by atoms with Crippen LogP contribution in [0.5, 0.6) is 0 Å². The first kappa shape index (κ1) is 10.1. The van der Waals surface area contributed by atoms with Crippen molar-refractivity contribution in [2.24, 2.45) is 0 Å². The molecule has 4 heteroatoms. The summed E-state index contributed by atoms with van der Waals surface area (Å²) in [6.45, 7) is 0. The van der Waals surface area contributed by atoms with E-state index in [2.05, 4.69) is 5.32 Å². The standard InChI is InChI=1S/C7H13NO3/c1-8-6(7(10)11)4-2-3-5-9/h5-6,8H,2-4H2,1H3,(H,10,11). The smallest absolute Gasteiger partial charge is 0.320 e. The lowest BCUT2D eigenvalue weighted by molar-refractivity contribution is -0.139. The van der Waals surface area contributed by atoms with Gasteiger partial charge in [-0.05, 0) is 19.9 Å². The highest BCUT2D eigenvalue weighted by Crippen LogP contribution is 1.98. The highest BCUT2D eigenvalue weighted by atomic mass is 16.4. The lowest BCUT2D eigenvalue weighted by atomic mass is 10.1. The van der Waals surface area contributed by atoms with Gasteiger partial charge in [0.1, 0.15) is 12.3 Å². The Morgan fingerprint density at radius 2 is 2.36 bits per heavy atom. The van der Waals surface area contributed by atoms with Gasteiger partial charge in [0, 0.05) is 6.42 Å². The molecule has 0 saturated carbocycles. The summed E-state index contributed by atoms with van der Waals surface area (Å²) in [7, 11) is 1.60. The number of rotatable bonds is 6. The van der Waals surface area contributed by atoms with Crippen molar-refractivity contribution < 1.29 is 14.7 Å². The fourth-order valence-electron chi connectivity index (χ4n) is 0.797. The van der Waals surface area contributed by atoms with E-state index in [0.717, 1.165) is 6.29 Å². The summed E-state index contributed by atoms with van der Waals surface area (Å²) in [5.41, 5.74) is 0. The van der Waals surface area contributed by atoms with Crippen LogP contribution in [0.2, 0.25) is 0 Å². The number of likely N-dealkylation sites (N-methyl/N-ethyl adjacent to an activating group) is 1. The van der Waals surface area contributed by atoms with E-state index in [4.69, 9.17) is 5.11 Å². The molecule has 0 bridgehead atoms. The second-order valence-corrected chi connectivity index (χ2v) is 2.28. The summed E-state index contributed by atoms with van der Waals surface area (Å²) >= 11 is 0. The van der Waals surface area contributed by atoms with Crippen molar-refractivity contribution in [2.75, 3.05) is 7.05 Å². The molecule has 0 heterocycles. The van der Waals surface area contributed by atoms with Crippen LogP contribution in [-0.4, -0.2) is 30.5 Å². The molecule has 4 nitrogen and oxygen atoms in total. The van der Waals surface area contributed by atoms with Crippen LogP contribution in [-0.2, 0) is 9.59 Å². The molecule has 1 unspecified atom stereocenters. The van der Waals surface area contributed by atoms with E-state index in [-0.39, 0.29) is 0 Å². The molecule has 64 valence electrons. The second-order valence-electron chi connectivity index (χ2n) is 2.28. The Hall–Kier alpha value is -0.900. The number of unbranched alkanes of at least 4 members (excludes halogenated alkanes) is 1. The van der Waals surface area contributed by atoms with E-state index in [1.54, 1.807) is 7.05 Å². The first-order chi connectivity index (χ1) is 5.22. The zero-order chi connectivity index (χ0) is 8.69. The minimum atomic E-state index is -0.863. The molecule has 0 amide bonds. The minimum Gasteiger partial charge on any atom is -0.480 e. The van der Waals surface area contributed by atoms with Crippen LogP contribution in [0.15, 0.2) is 0 Å². The Morgan fingerprint density at radius 3 is 2.73 bits per heavy atom. The van der Waals surface area contributed by atoms with Crippen LogP contribution in [0.1, 0.15) is 19.3 Å². The summed E-state index contributed by atoms with van der Waals surface area (Å²) in [6.07, 6.45) is 2.37. The predicted octanol–water partition coefficient (Wildman–Crippen LogP) is 0.0282. The van der Waals surface area contributed by atoms with Crippen LogP contribution in [0, 0.1) is 0 Å². The Bertz CT molecular complexity index is 136. The first-order valence-electron chi connectivity index (χ1n) is 3.56. The third-order valence-corrected chi connectivity index (χ3v) is 1.46. The number of carboxylic acids is 1.